The van der Waals surface area contributed by atoms with Gasteiger partial charge in [-0.1, -0.05) is 88.8 Å². The summed E-state index contributed by atoms with van der Waals surface area (Å²) < 4.78 is 52.2. The Bertz CT molecular complexity index is 2850. The maximum atomic E-state index is 15.0. The molecule has 0 spiro atoms. The second kappa shape index (κ2) is 28.5. The van der Waals surface area contributed by atoms with Crippen molar-refractivity contribution in [3.63, 3.8) is 0 Å². The maximum absolute atomic E-state index is 15.0. The molecule has 3 saturated carbocycles. The first-order valence-electron chi connectivity index (χ1n) is 31.7. The van der Waals surface area contributed by atoms with Crippen molar-refractivity contribution < 1.29 is 55.2 Å². The molecule has 4 aliphatic heterocycles. The first-order valence-corrected chi connectivity index (χ1v) is 35.0. The summed E-state index contributed by atoms with van der Waals surface area (Å²) in [7, 11) is -7.13. The molecule has 2 aromatic rings. The highest BCUT2D eigenvalue weighted by Gasteiger charge is 2.49. The lowest BCUT2D eigenvalue weighted by molar-refractivity contribution is -0.143. The lowest BCUT2D eigenvalue weighted by Crippen LogP contribution is -2.58. The lowest BCUT2D eigenvalue weighted by Gasteiger charge is -2.35. The molecule has 9 rings (SSSR count). The topological polar surface area (TPSA) is 308 Å². The molecule has 5 fully saturated rings. The first-order chi connectivity index (χ1) is 41.2. The van der Waals surface area contributed by atoms with Gasteiger partial charge in [0.15, 0.2) is 19.7 Å². The van der Waals surface area contributed by atoms with Gasteiger partial charge >= 0.3 is 0 Å². The molecule has 22 nitrogen and oxygen atoms in total. The average molecular weight is 1230 g/mol. The monoisotopic (exact) mass is 1230 g/mol. The molecule has 10 atom stereocenters. The van der Waals surface area contributed by atoms with Crippen molar-refractivity contribution >= 4 is 66.9 Å². The lowest BCUT2D eigenvalue weighted by atomic mass is 9.81. The second-order valence-corrected chi connectivity index (χ2v) is 29.3. The highest BCUT2D eigenvalue weighted by Crippen LogP contribution is 2.37. The third-order valence-corrected chi connectivity index (χ3v) is 23.0. The predicted octanol–water partition coefficient (Wildman–Crippen LogP) is 3.16. The maximum Gasteiger partial charge on any atom is 0.246 e. The van der Waals surface area contributed by atoms with Gasteiger partial charge in [0.05, 0.1) is 45.5 Å². The molecular formula is C62H90N10O12S2. The molecule has 24 heteroatoms. The number of benzene rings is 2. The molecule has 2 aromatic carbocycles. The Balaban J connectivity index is 0.874. The minimum absolute atomic E-state index is 0.00333. The number of nitrogens with zero attached hydrogens (tertiary/aromatic N) is 2. The highest BCUT2D eigenvalue weighted by atomic mass is 32.2. The van der Waals surface area contributed by atoms with Gasteiger partial charge in [-0.2, -0.15) is 0 Å². The van der Waals surface area contributed by atoms with E-state index in [1.807, 2.05) is 13.8 Å². The van der Waals surface area contributed by atoms with E-state index in [1.165, 1.54) is 21.9 Å². The van der Waals surface area contributed by atoms with Crippen LogP contribution < -0.4 is 42.5 Å². The van der Waals surface area contributed by atoms with Gasteiger partial charge in [0.1, 0.15) is 24.2 Å². The number of likely N-dealkylation sites (N-methyl/N-ethyl adjacent to an activating group) is 2. The predicted molar refractivity (Wildman–Crippen MR) is 321 cm³/mol. The van der Waals surface area contributed by atoms with Gasteiger partial charge in [-0.3, -0.25) is 38.4 Å². The Morgan fingerprint density at radius 1 is 0.477 bits per heavy atom. The molecule has 4 heterocycles. The molecule has 8 N–H and O–H groups in total. The van der Waals surface area contributed by atoms with Crippen molar-refractivity contribution in [2.75, 3.05) is 37.7 Å². The van der Waals surface area contributed by atoms with Crippen molar-refractivity contribution in [3.05, 3.63) is 59.7 Å². The zero-order valence-corrected chi connectivity index (χ0v) is 51.9. The first kappa shape index (κ1) is 64.5. The molecular weight excluding hydrogens is 1140 g/mol. The summed E-state index contributed by atoms with van der Waals surface area (Å²) in [5, 5.41) is 24.7. The fourth-order valence-electron chi connectivity index (χ4n) is 14.5. The molecule has 0 radical (unpaired) electrons. The second-order valence-electron chi connectivity index (χ2n) is 25.2. The fraction of sp³-hybridized carbons (Fsp3) is 0.677. The van der Waals surface area contributed by atoms with E-state index in [4.69, 9.17) is 0 Å². The number of hydrogen-bond acceptors (Lipinski definition) is 14. The highest BCUT2D eigenvalue weighted by molar-refractivity contribution is 7.91. The smallest absolute Gasteiger partial charge is 0.246 e. The van der Waals surface area contributed by atoms with Crippen LogP contribution in [0, 0.1) is 23.7 Å². The van der Waals surface area contributed by atoms with Crippen LogP contribution in [0.2, 0.25) is 0 Å². The van der Waals surface area contributed by atoms with Gasteiger partial charge < -0.3 is 52.3 Å². The van der Waals surface area contributed by atoms with Crippen LogP contribution in [-0.4, -0.2) is 160 Å². The van der Waals surface area contributed by atoms with Gasteiger partial charge in [-0.15, -0.1) is 0 Å². The molecule has 86 heavy (non-hydrogen) atoms. The number of hydrogen-bond donors (Lipinski definition) is 8. The number of sulfone groups is 2. The van der Waals surface area contributed by atoms with Crippen LogP contribution in [-0.2, 0) is 58.0 Å². The van der Waals surface area contributed by atoms with Crippen molar-refractivity contribution in [2.45, 2.75) is 213 Å². The van der Waals surface area contributed by atoms with Crippen molar-refractivity contribution in [2.24, 2.45) is 23.7 Å². The Kier molecular flexibility index (Phi) is 21.3. The van der Waals surface area contributed by atoms with Gasteiger partial charge in [0.2, 0.25) is 47.3 Å². The van der Waals surface area contributed by atoms with E-state index in [0.29, 0.717) is 75.6 Å². The number of nitrogens with one attached hydrogen (secondary N) is 8. The van der Waals surface area contributed by atoms with E-state index >= 15 is 9.59 Å². The standard InChI is InChI=1S/C62H90N10O12S2/c1-5-63-37(3)55(73)69-53(39-17-9-7-10-18-39)61(79)71-35-43(33-49(71)59(77)67-47-29-31-85(81,82)51-23-15-13-21-45(47)51)65-57(75)41-25-27-42(28-26-41)58(76)66-44-34-50(60(78)68-48-30-32-86(83,84)52-24-16-14-22-46(48)52)72(36-44)62(80)54(40-19-11-8-12-20-40)70-56(74)38(4)64-6-2/h13-16,21-24,37-44,47-50,53-54,63-64H,5-12,17-20,25-36H2,1-4H3,(H,65,75)(H,66,76)(H,67,77)(H,68,78)(H,69,73)(H,70,74)/t37-,38-,41?,42?,43-,44-,47-,48+,49-,50-,53-,54-/m0/s1. The molecule has 2 saturated heterocycles. The van der Waals surface area contributed by atoms with Gasteiger partial charge in [-0.25, -0.2) is 16.8 Å². The van der Waals surface area contributed by atoms with Crippen LogP contribution in [0.15, 0.2) is 58.3 Å². The molecule has 3 aliphatic carbocycles. The fourth-order valence-corrected chi connectivity index (χ4v) is 17.8. The molecule has 7 aliphatic rings. The van der Waals surface area contributed by atoms with Crippen LogP contribution in [0.25, 0.3) is 0 Å². The number of amides is 8. The summed E-state index contributed by atoms with van der Waals surface area (Å²) in [5.74, 6) is -4.69. The zero-order chi connectivity index (χ0) is 61.5. The molecule has 8 amide bonds. The zero-order valence-electron chi connectivity index (χ0n) is 50.3. The quantitative estimate of drug-likeness (QED) is 0.0945. The number of likely N-dealkylation sites (tertiary alicyclic amines) is 2. The van der Waals surface area contributed by atoms with E-state index < -0.39 is 116 Å². The average Bonchev–Trinajstić information content (AvgIpc) is 3.45. The summed E-state index contributed by atoms with van der Waals surface area (Å²) in [6.07, 6.45) is 10.3. The molecule has 0 unspecified atom stereocenters. The Hall–Kier alpha value is -5.98. The van der Waals surface area contributed by atoms with Crippen molar-refractivity contribution in [3.8, 4) is 0 Å². The third kappa shape index (κ3) is 14.9. The summed E-state index contributed by atoms with van der Waals surface area (Å²) in [4.78, 5) is 118. The Labute approximate surface area is 506 Å². The minimum Gasteiger partial charge on any atom is -0.351 e. The van der Waals surface area contributed by atoms with Crippen molar-refractivity contribution in [1.29, 1.82) is 0 Å². The normalized spacial score (nSPS) is 27.8. The van der Waals surface area contributed by atoms with Crippen LogP contribution in [0.4, 0.5) is 0 Å². The molecule has 0 aromatic heterocycles. The largest absolute Gasteiger partial charge is 0.351 e. The molecule has 0 bridgehead atoms. The van der Waals surface area contributed by atoms with Gasteiger partial charge in [0.25, 0.3) is 0 Å². The van der Waals surface area contributed by atoms with Crippen LogP contribution in [0.5, 0.6) is 0 Å². The molecule has 472 valence electrons. The SMILES string of the molecule is CCN[C@@H](C)C(=O)N[C@H](C(=O)N1C[C@@H](NC(=O)C2CCC(C(=O)N[C@H]3C[C@@H](C(=O)N[C@@H]4CCS(=O)(=O)c5ccccc54)N(C(=O)[C@@H](NC(=O)[C@H](C)NCC)C4CCCCC4)C3)CC2)C[C@H]1C(=O)N[C@H]1CCS(=O)(=O)c2ccccc21)C1CCCCC1. The number of fused-ring (bicyclic) bond motifs is 2. The van der Waals surface area contributed by atoms with Crippen LogP contribution in [0.3, 0.4) is 0 Å². The summed E-state index contributed by atoms with van der Waals surface area (Å²) in [6.45, 7) is 8.30. The summed E-state index contributed by atoms with van der Waals surface area (Å²) in [6, 6.07) is 5.45. The van der Waals surface area contributed by atoms with Crippen LogP contribution >= 0.6 is 0 Å². The van der Waals surface area contributed by atoms with Crippen molar-refractivity contribution in [1.82, 2.24) is 52.3 Å². The van der Waals surface area contributed by atoms with Gasteiger partial charge in [0, 0.05) is 37.0 Å². The van der Waals surface area contributed by atoms with E-state index in [1.54, 1.807) is 50.2 Å². The number of carbonyl (C=O) groups is 8. The summed E-state index contributed by atoms with van der Waals surface area (Å²) >= 11 is 0. The van der Waals surface area contributed by atoms with Crippen LogP contribution in [0.1, 0.15) is 166 Å². The van der Waals surface area contributed by atoms with Gasteiger partial charge in [-0.05, 0) is 139 Å². The summed E-state index contributed by atoms with van der Waals surface area (Å²) in [5.41, 5.74) is 0.933. The van der Waals surface area contributed by atoms with E-state index in [2.05, 4.69) is 42.5 Å². The third-order valence-electron chi connectivity index (χ3n) is 19.4. The minimum atomic E-state index is -3.57. The van der Waals surface area contributed by atoms with E-state index in [9.17, 15) is 45.6 Å². The Morgan fingerprint density at radius 2 is 0.837 bits per heavy atom. The Morgan fingerprint density at radius 3 is 1.20 bits per heavy atom. The number of rotatable bonds is 20. The van der Waals surface area contributed by atoms with E-state index in [-0.39, 0.29) is 95.5 Å². The number of carbonyl (C=O) groups excluding carboxylic acids is 8. The van der Waals surface area contributed by atoms with E-state index in [0.717, 1.165) is 38.5 Å².